The van der Waals surface area contributed by atoms with Gasteiger partial charge in [0.2, 0.25) is 0 Å². The van der Waals surface area contributed by atoms with Gasteiger partial charge in [-0.25, -0.2) is 0 Å². The number of rotatable bonds is 5. The van der Waals surface area contributed by atoms with Crippen LogP contribution in [0.25, 0.3) is 0 Å². The van der Waals surface area contributed by atoms with Crippen molar-refractivity contribution in [2.75, 3.05) is 6.61 Å². The zero-order chi connectivity index (χ0) is 14.2. The van der Waals surface area contributed by atoms with Crippen LogP contribution < -0.4 is 5.32 Å². The first kappa shape index (κ1) is 14.2. The average Bonchev–Trinajstić information content (AvgIpc) is 2.96. The van der Waals surface area contributed by atoms with Gasteiger partial charge in [-0.05, 0) is 38.3 Å². The molecule has 20 heavy (non-hydrogen) atoms. The molecule has 1 N–H and O–H groups in total. The zero-order valence-corrected chi connectivity index (χ0v) is 12.9. The summed E-state index contributed by atoms with van der Waals surface area (Å²) in [6.07, 6.45) is 6.89. The molecule has 3 heteroatoms. The molecule has 1 saturated carbocycles. The average molecular weight is 277 g/mol. The molecule has 0 radical (unpaired) electrons. The van der Waals surface area contributed by atoms with E-state index in [1.54, 1.807) is 6.26 Å². The maximum Gasteiger partial charge on any atom is 0.103 e. The molecule has 3 rings (SSSR count). The number of nitrogens with one attached hydrogen (secondary N) is 1. The first-order valence-corrected chi connectivity index (χ1v) is 7.99. The maximum absolute atomic E-state index is 5.97. The van der Waals surface area contributed by atoms with Crippen molar-refractivity contribution in [2.45, 2.75) is 64.6 Å². The van der Waals surface area contributed by atoms with E-state index in [1.165, 1.54) is 12.8 Å². The van der Waals surface area contributed by atoms with Crippen molar-refractivity contribution in [3.05, 3.63) is 24.2 Å². The third kappa shape index (κ3) is 2.53. The molecule has 2 aliphatic rings. The standard InChI is InChI=1S/C17H27NO2/c1-12(8-9-13-6-4-10-19-13)18-15-14-7-5-11-20-16(14)17(15,2)3/h4,6,10,12,14-16,18H,5,7-9,11H2,1-3H3. The Bertz CT molecular complexity index is 426. The molecule has 0 bridgehead atoms. The molecule has 0 amide bonds. The lowest BCUT2D eigenvalue weighted by molar-refractivity contribution is -0.194. The number of hydrogen-bond acceptors (Lipinski definition) is 3. The third-order valence-electron chi connectivity index (χ3n) is 5.20. The Balaban J connectivity index is 1.51. The Morgan fingerprint density at radius 2 is 2.30 bits per heavy atom. The lowest BCUT2D eigenvalue weighted by Gasteiger charge is -2.60. The molecule has 0 aromatic carbocycles. The summed E-state index contributed by atoms with van der Waals surface area (Å²) >= 11 is 0. The topological polar surface area (TPSA) is 34.4 Å². The van der Waals surface area contributed by atoms with Crippen molar-refractivity contribution in [3.63, 3.8) is 0 Å². The summed E-state index contributed by atoms with van der Waals surface area (Å²) in [7, 11) is 0. The molecule has 4 unspecified atom stereocenters. The summed E-state index contributed by atoms with van der Waals surface area (Å²) in [5, 5.41) is 3.85. The fourth-order valence-electron chi connectivity index (χ4n) is 4.06. The molecule has 112 valence electrons. The van der Waals surface area contributed by atoms with E-state index in [-0.39, 0.29) is 5.41 Å². The van der Waals surface area contributed by atoms with Gasteiger partial charge < -0.3 is 14.5 Å². The summed E-state index contributed by atoms with van der Waals surface area (Å²) in [4.78, 5) is 0. The molecule has 2 fully saturated rings. The van der Waals surface area contributed by atoms with Gasteiger partial charge in [-0.15, -0.1) is 0 Å². The molecule has 2 heterocycles. The predicted molar refractivity (Wildman–Crippen MR) is 79.7 cm³/mol. The number of furan rings is 1. The Hall–Kier alpha value is -0.800. The minimum atomic E-state index is 0.268. The van der Waals surface area contributed by atoms with Crippen molar-refractivity contribution in [1.29, 1.82) is 0 Å². The van der Waals surface area contributed by atoms with Crippen LogP contribution in [0.1, 0.15) is 45.8 Å². The highest BCUT2D eigenvalue weighted by atomic mass is 16.5. The highest BCUT2D eigenvalue weighted by Crippen LogP contribution is 2.51. The molecule has 4 atom stereocenters. The Labute approximate surface area is 122 Å². The van der Waals surface area contributed by atoms with E-state index < -0.39 is 0 Å². The van der Waals surface area contributed by atoms with Gasteiger partial charge in [-0.1, -0.05) is 13.8 Å². The van der Waals surface area contributed by atoms with E-state index in [9.17, 15) is 0 Å². The van der Waals surface area contributed by atoms with Crippen LogP contribution in [0.15, 0.2) is 22.8 Å². The maximum atomic E-state index is 5.97. The lowest BCUT2D eigenvalue weighted by Crippen LogP contribution is -2.70. The minimum Gasteiger partial charge on any atom is -0.469 e. The van der Waals surface area contributed by atoms with Crippen LogP contribution in [0, 0.1) is 11.3 Å². The van der Waals surface area contributed by atoms with Crippen LogP contribution in [0.3, 0.4) is 0 Å². The summed E-state index contributed by atoms with van der Waals surface area (Å²) in [5.74, 6) is 1.80. The van der Waals surface area contributed by atoms with Gasteiger partial charge in [-0.3, -0.25) is 0 Å². The number of hydrogen-bond donors (Lipinski definition) is 1. The Morgan fingerprint density at radius 1 is 1.45 bits per heavy atom. The first-order chi connectivity index (χ1) is 9.59. The van der Waals surface area contributed by atoms with E-state index in [2.05, 4.69) is 32.2 Å². The van der Waals surface area contributed by atoms with Gasteiger partial charge in [0.25, 0.3) is 0 Å². The van der Waals surface area contributed by atoms with Crippen molar-refractivity contribution in [1.82, 2.24) is 5.32 Å². The summed E-state index contributed by atoms with van der Waals surface area (Å²) < 4.78 is 11.4. The molecule has 1 aromatic rings. The van der Waals surface area contributed by atoms with Crippen molar-refractivity contribution in [3.8, 4) is 0 Å². The molecule has 0 spiro atoms. The number of aryl methyl sites for hydroxylation is 1. The molecular formula is C17H27NO2. The molecule has 3 nitrogen and oxygen atoms in total. The summed E-state index contributed by atoms with van der Waals surface area (Å²) in [6.45, 7) is 7.92. The smallest absolute Gasteiger partial charge is 0.103 e. The second kappa shape index (κ2) is 5.53. The van der Waals surface area contributed by atoms with E-state index in [0.29, 0.717) is 24.1 Å². The minimum absolute atomic E-state index is 0.268. The third-order valence-corrected chi connectivity index (χ3v) is 5.20. The zero-order valence-electron chi connectivity index (χ0n) is 12.9. The highest BCUT2D eigenvalue weighted by Gasteiger charge is 2.57. The molecular weight excluding hydrogens is 250 g/mol. The van der Waals surface area contributed by atoms with Gasteiger partial charge in [0, 0.05) is 36.4 Å². The largest absolute Gasteiger partial charge is 0.469 e. The van der Waals surface area contributed by atoms with Gasteiger partial charge in [-0.2, -0.15) is 0 Å². The number of fused-ring (bicyclic) bond motifs is 1. The van der Waals surface area contributed by atoms with E-state index in [1.807, 2.05) is 6.07 Å². The van der Waals surface area contributed by atoms with E-state index in [4.69, 9.17) is 9.15 Å². The van der Waals surface area contributed by atoms with Crippen molar-refractivity contribution in [2.24, 2.45) is 11.3 Å². The highest BCUT2D eigenvalue weighted by molar-refractivity contribution is 5.10. The van der Waals surface area contributed by atoms with E-state index >= 15 is 0 Å². The predicted octanol–water partition coefficient (Wildman–Crippen LogP) is 3.39. The normalized spacial score (nSPS) is 33.2. The summed E-state index contributed by atoms with van der Waals surface area (Å²) in [5.41, 5.74) is 0.268. The monoisotopic (exact) mass is 277 g/mol. The van der Waals surface area contributed by atoms with Crippen LogP contribution in [0.2, 0.25) is 0 Å². The van der Waals surface area contributed by atoms with Crippen LogP contribution >= 0.6 is 0 Å². The van der Waals surface area contributed by atoms with Gasteiger partial charge >= 0.3 is 0 Å². The van der Waals surface area contributed by atoms with Gasteiger partial charge in [0.05, 0.1) is 12.4 Å². The molecule has 1 aromatic heterocycles. The van der Waals surface area contributed by atoms with Crippen LogP contribution in [0.5, 0.6) is 0 Å². The quantitative estimate of drug-likeness (QED) is 0.896. The summed E-state index contributed by atoms with van der Waals surface area (Å²) in [6, 6.07) is 5.14. The van der Waals surface area contributed by atoms with Gasteiger partial charge in [0.1, 0.15) is 5.76 Å². The second-order valence-electron chi connectivity index (χ2n) is 7.08. The van der Waals surface area contributed by atoms with Crippen molar-refractivity contribution < 1.29 is 9.15 Å². The number of ether oxygens (including phenoxy) is 1. The van der Waals surface area contributed by atoms with E-state index in [0.717, 1.165) is 25.2 Å². The Morgan fingerprint density at radius 3 is 3.05 bits per heavy atom. The molecule has 1 aliphatic heterocycles. The van der Waals surface area contributed by atoms with Crippen LogP contribution in [0.4, 0.5) is 0 Å². The second-order valence-corrected chi connectivity index (χ2v) is 7.08. The van der Waals surface area contributed by atoms with Crippen LogP contribution in [-0.4, -0.2) is 24.8 Å². The fraction of sp³-hybridized carbons (Fsp3) is 0.765. The van der Waals surface area contributed by atoms with Crippen LogP contribution in [-0.2, 0) is 11.2 Å². The fourth-order valence-corrected chi connectivity index (χ4v) is 4.06. The Kier molecular flexibility index (Phi) is 3.91. The van der Waals surface area contributed by atoms with Gasteiger partial charge in [0.15, 0.2) is 0 Å². The molecule has 1 aliphatic carbocycles. The molecule has 1 saturated heterocycles. The first-order valence-electron chi connectivity index (χ1n) is 7.99. The lowest BCUT2D eigenvalue weighted by atomic mass is 9.55. The van der Waals surface area contributed by atoms with Crippen molar-refractivity contribution >= 4 is 0 Å². The SMILES string of the molecule is CC(CCc1ccco1)NC1C2CCCOC2C1(C)C.